The van der Waals surface area contributed by atoms with Crippen LogP contribution in [0.4, 0.5) is 5.69 Å². The Labute approximate surface area is 156 Å². The molecule has 0 atom stereocenters. The van der Waals surface area contributed by atoms with Gasteiger partial charge in [0.25, 0.3) is 0 Å². The van der Waals surface area contributed by atoms with Crippen molar-refractivity contribution in [3.63, 3.8) is 0 Å². The van der Waals surface area contributed by atoms with Gasteiger partial charge in [-0.25, -0.2) is 0 Å². The maximum atomic E-state index is 3.90. The lowest BCUT2D eigenvalue weighted by Gasteiger charge is -2.17. The molecule has 0 aliphatic carbocycles. The van der Waals surface area contributed by atoms with Crippen LogP contribution in [0.5, 0.6) is 0 Å². The molecule has 1 heterocycles. The van der Waals surface area contributed by atoms with Gasteiger partial charge in [-0.15, -0.1) is 0 Å². The van der Waals surface area contributed by atoms with Crippen LogP contribution in [0.25, 0.3) is 22.0 Å². The SMILES string of the molecule is C=C/C=C(\C=C)Nc1cccc(-c2cccc3cc[nH]c23)c1CCCC. The average molecular weight is 342 g/mol. The highest BCUT2D eigenvalue weighted by molar-refractivity contribution is 5.95. The van der Waals surface area contributed by atoms with E-state index in [1.165, 1.54) is 27.6 Å². The van der Waals surface area contributed by atoms with Gasteiger partial charge in [0.2, 0.25) is 0 Å². The third-order valence-electron chi connectivity index (χ3n) is 4.63. The number of fused-ring (bicyclic) bond motifs is 1. The quantitative estimate of drug-likeness (QED) is 0.431. The molecule has 2 nitrogen and oxygen atoms in total. The number of unbranched alkanes of at least 4 members (excludes halogenated alkanes) is 1. The van der Waals surface area contributed by atoms with Crippen LogP contribution < -0.4 is 5.32 Å². The Hall–Kier alpha value is -3.00. The Morgan fingerprint density at radius 1 is 1.08 bits per heavy atom. The highest BCUT2D eigenvalue weighted by Gasteiger charge is 2.13. The van der Waals surface area contributed by atoms with Gasteiger partial charge < -0.3 is 10.3 Å². The van der Waals surface area contributed by atoms with E-state index in [9.17, 15) is 0 Å². The molecule has 3 aromatic rings. The smallest absolute Gasteiger partial charge is 0.0533 e. The van der Waals surface area contributed by atoms with Gasteiger partial charge in [0.1, 0.15) is 0 Å². The zero-order valence-electron chi connectivity index (χ0n) is 15.4. The fraction of sp³-hybridized carbons (Fsp3) is 0.167. The third-order valence-corrected chi connectivity index (χ3v) is 4.63. The van der Waals surface area contributed by atoms with E-state index in [-0.39, 0.29) is 0 Å². The number of para-hydroxylation sites is 1. The van der Waals surface area contributed by atoms with Crippen LogP contribution in [0.15, 0.2) is 85.7 Å². The summed E-state index contributed by atoms with van der Waals surface area (Å²) in [6, 6.07) is 15.1. The van der Waals surface area contributed by atoms with Crippen LogP contribution in [0.3, 0.4) is 0 Å². The van der Waals surface area contributed by atoms with E-state index >= 15 is 0 Å². The molecule has 132 valence electrons. The molecule has 0 bridgehead atoms. The van der Waals surface area contributed by atoms with E-state index in [0.29, 0.717) is 0 Å². The first-order chi connectivity index (χ1) is 12.8. The van der Waals surface area contributed by atoms with Crippen molar-refractivity contribution in [2.24, 2.45) is 0 Å². The number of nitrogens with one attached hydrogen (secondary N) is 2. The highest BCUT2D eigenvalue weighted by Crippen LogP contribution is 2.35. The number of hydrogen-bond donors (Lipinski definition) is 2. The van der Waals surface area contributed by atoms with Gasteiger partial charge in [-0.3, -0.25) is 0 Å². The number of benzene rings is 2. The first-order valence-corrected chi connectivity index (χ1v) is 9.19. The average Bonchev–Trinajstić information content (AvgIpc) is 3.15. The van der Waals surface area contributed by atoms with E-state index in [0.717, 1.165) is 30.6 Å². The van der Waals surface area contributed by atoms with E-state index in [4.69, 9.17) is 0 Å². The molecule has 0 radical (unpaired) electrons. The second-order valence-corrected chi connectivity index (χ2v) is 6.37. The number of aromatic nitrogens is 1. The highest BCUT2D eigenvalue weighted by atomic mass is 14.9. The van der Waals surface area contributed by atoms with Crippen LogP contribution in [-0.4, -0.2) is 4.98 Å². The van der Waals surface area contributed by atoms with Crippen LogP contribution in [-0.2, 0) is 6.42 Å². The van der Waals surface area contributed by atoms with Gasteiger partial charge in [-0.2, -0.15) is 0 Å². The summed E-state index contributed by atoms with van der Waals surface area (Å²) in [6.45, 7) is 9.92. The molecule has 0 saturated carbocycles. The molecular formula is C24H26N2. The van der Waals surface area contributed by atoms with Gasteiger partial charge in [-0.05, 0) is 53.6 Å². The molecule has 2 N–H and O–H groups in total. The number of anilines is 1. The van der Waals surface area contributed by atoms with Crippen LogP contribution in [0, 0.1) is 0 Å². The lowest BCUT2D eigenvalue weighted by molar-refractivity contribution is 0.797. The number of allylic oxidation sites excluding steroid dienone is 3. The largest absolute Gasteiger partial charge is 0.361 e. The van der Waals surface area contributed by atoms with E-state index in [1.54, 1.807) is 6.08 Å². The first-order valence-electron chi connectivity index (χ1n) is 9.19. The van der Waals surface area contributed by atoms with Gasteiger partial charge in [-0.1, -0.05) is 62.9 Å². The van der Waals surface area contributed by atoms with Crippen molar-refractivity contribution in [3.05, 3.63) is 91.3 Å². The Morgan fingerprint density at radius 2 is 1.88 bits per heavy atom. The maximum Gasteiger partial charge on any atom is 0.0533 e. The summed E-state index contributed by atoms with van der Waals surface area (Å²) in [6.07, 6.45) is 10.9. The third kappa shape index (κ3) is 3.65. The van der Waals surface area contributed by atoms with Crippen molar-refractivity contribution < 1.29 is 0 Å². The number of rotatable bonds is 8. The van der Waals surface area contributed by atoms with Crippen LogP contribution in [0.1, 0.15) is 25.3 Å². The molecule has 1 aromatic heterocycles. The van der Waals surface area contributed by atoms with E-state index in [2.05, 4.69) is 72.8 Å². The predicted molar refractivity (Wildman–Crippen MR) is 114 cm³/mol. The van der Waals surface area contributed by atoms with E-state index < -0.39 is 0 Å². The summed E-state index contributed by atoms with van der Waals surface area (Å²) >= 11 is 0. The van der Waals surface area contributed by atoms with Gasteiger partial charge in [0.05, 0.1) is 5.52 Å². The summed E-state index contributed by atoms with van der Waals surface area (Å²) in [5, 5.41) is 4.76. The van der Waals surface area contributed by atoms with Crippen LogP contribution in [0.2, 0.25) is 0 Å². The molecule has 0 aliphatic rings. The molecule has 0 fully saturated rings. The summed E-state index contributed by atoms with van der Waals surface area (Å²) < 4.78 is 0. The molecular weight excluding hydrogens is 316 g/mol. The summed E-state index contributed by atoms with van der Waals surface area (Å²) in [4.78, 5) is 3.40. The van der Waals surface area contributed by atoms with Gasteiger partial charge in [0.15, 0.2) is 0 Å². The normalized spacial score (nSPS) is 11.5. The fourth-order valence-electron chi connectivity index (χ4n) is 3.33. The summed E-state index contributed by atoms with van der Waals surface area (Å²) in [7, 11) is 0. The molecule has 0 saturated heterocycles. The van der Waals surface area contributed by atoms with Crippen molar-refractivity contribution in [2.45, 2.75) is 26.2 Å². The second kappa shape index (κ2) is 8.39. The maximum absolute atomic E-state index is 3.90. The van der Waals surface area contributed by atoms with Crippen molar-refractivity contribution >= 4 is 16.6 Å². The predicted octanol–water partition coefficient (Wildman–Crippen LogP) is 6.85. The zero-order chi connectivity index (χ0) is 18.4. The number of H-pyrrole nitrogens is 1. The Kier molecular flexibility index (Phi) is 5.75. The number of hydrogen-bond acceptors (Lipinski definition) is 1. The van der Waals surface area contributed by atoms with Crippen molar-refractivity contribution in [1.82, 2.24) is 4.98 Å². The number of aromatic amines is 1. The topological polar surface area (TPSA) is 27.8 Å². The minimum atomic E-state index is 0.952. The minimum absolute atomic E-state index is 0.952. The molecule has 0 aliphatic heterocycles. The molecule has 0 spiro atoms. The Balaban J connectivity index is 2.14. The molecule has 26 heavy (non-hydrogen) atoms. The Morgan fingerprint density at radius 3 is 2.65 bits per heavy atom. The summed E-state index contributed by atoms with van der Waals surface area (Å²) in [5.41, 5.74) is 7.13. The van der Waals surface area contributed by atoms with Crippen molar-refractivity contribution in [3.8, 4) is 11.1 Å². The molecule has 2 heteroatoms. The minimum Gasteiger partial charge on any atom is -0.361 e. The van der Waals surface area contributed by atoms with Gasteiger partial charge in [0, 0.05) is 23.1 Å². The fourth-order valence-corrected chi connectivity index (χ4v) is 3.33. The first kappa shape index (κ1) is 17.8. The molecule has 3 rings (SSSR count). The Bertz CT molecular complexity index is 944. The van der Waals surface area contributed by atoms with Crippen molar-refractivity contribution in [1.29, 1.82) is 0 Å². The lowest BCUT2D eigenvalue weighted by Crippen LogP contribution is -2.02. The van der Waals surface area contributed by atoms with Gasteiger partial charge >= 0.3 is 0 Å². The van der Waals surface area contributed by atoms with E-state index in [1.807, 2.05) is 18.3 Å². The molecule has 0 amide bonds. The monoisotopic (exact) mass is 342 g/mol. The zero-order valence-corrected chi connectivity index (χ0v) is 15.4. The second-order valence-electron chi connectivity index (χ2n) is 6.37. The standard InChI is InChI=1S/C24H26N2/c1-4-7-12-21-20(22-14-8-11-18-16-17-25-24(18)22)13-9-15-23(21)26-19(6-3)10-5-2/h5-6,8-11,13-17,25-26H,2-4,7,12H2,1H3/b19-10+. The lowest BCUT2D eigenvalue weighted by atomic mass is 9.93. The van der Waals surface area contributed by atoms with Crippen molar-refractivity contribution in [2.75, 3.05) is 5.32 Å². The summed E-state index contributed by atoms with van der Waals surface area (Å²) in [5.74, 6) is 0. The van der Waals surface area contributed by atoms with Crippen LogP contribution >= 0.6 is 0 Å². The molecule has 2 aromatic carbocycles. The molecule has 0 unspecified atom stereocenters.